The standard InChI is InChI=1S/C31H22N2O.C13H13N.2C2H6/c1-2-20-8-5-9-21(18-20)22-15-16-24-25-11-6-14-28(30(25)34-29(24)19-22)33-27-13-4-3-10-23(27)26-12-7-17-32-31(26)33;1-10-6-3-4-7-12(10)13-8-5-9-14-11(13)2;2*1-2/h3-19H,2H2,1H3;3-9H,1-2H3;2*1-2H3. The zero-order valence-electron chi connectivity index (χ0n) is 31.3. The Hall–Kier alpha value is -6.00. The second kappa shape index (κ2) is 16.3. The van der Waals surface area contributed by atoms with Gasteiger partial charge in [-0.2, -0.15) is 0 Å². The molecule has 0 aliphatic carbocycles. The number of fused-ring (bicyclic) bond motifs is 6. The molecule has 0 aliphatic rings. The molecule has 0 fully saturated rings. The predicted octanol–water partition coefficient (Wildman–Crippen LogP) is 13.7. The average Bonchev–Trinajstić information content (AvgIpc) is 3.76. The summed E-state index contributed by atoms with van der Waals surface area (Å²) in [4.78, 5) is 9.04. The lowest BCUT2D eigenvalue weighted by molar-refractivity contribution is 0.666. The second-order valence-electron chi connectivity index (χ2n) is 12.2. The van der Waals surface area contributed by atoms with Crippen LogP contribution in [0.5, 0.6) is 0 Å². The molecule has 0 radical (unpaired) electrons. The van der Waals surface area contributed by atoms with Gasteiger partial charge in [-0.1, -0.05) is 126 Å². The minimum atomic E-state index is 0.880. The van der Waals surface area contributed by atoms with Crippen molar-refractivity contribution in [2.45, 2.75) is 54.9 Å². The molecule has 0 saturated heterocycles. The molecule has 5 aromatic carbocycles. The van der Waals surface area contributed by atoms with Gasteiger partial charge in [0.25, 0.3) is 0 Å². The van der Waals surface area contributed by atoms with E-state index >= 15 is 0 Å². The first kappa shape index (κ1) is 35.8. The third kappa shape index (κ3) is 6.85. The largest absolute Gasteiger partial charge is 0.454 e. The first-order valence-corrected chi connectivity index (χ1v) is 18.5. The van der Waals surface area contributed by atoms with Crippen LogP contribution in [0.4, 0.5) is 0 Å². The maximum atomic E-state index is 6.58. The minimum Gasteiger partial charge on any atom is -0.454 e. The number of rotatable bonds is 4. The van der Waals surface area contributed by atoms with E-state index in [1.165, 1.54) is 38.8 Å². The molecule has 0 saturated carbocycles. The van der Waals surface area contributed by atoms with Crippen molar-refractivity contribution in [2.24, 2.45) is 0 Å². The Morgan fingerprint density at radius 2 is 1.23 bits per heavy atom. The molecule has 9 rings (SSSR count). The molecular formula is C48H47N3O. The average molecular weight is 682 g/mol. The molecule has 260 valence electrons. The van der Waals surface area contributed by atoms with Crippen molar-refractivity contribution in [1.82, 2.24) is 14.5 Å². The van der Waals surface area contributed by atoms with Gasteiger partial charge in [0.1, 0.15) is 11.2 Å². The summed E-state index contributed by atoms with van der Waals surface area (Å²) in [6, 6.07) is 46.7. The predicted molar refractivity (Wildman–Crippen MR) is 223 cm³/mol. The van der Waals surface area contributed by atoms with E-state index in [0.29, 0.717) is 0 Å². The molecule has 0 N–H and O–H groups in total. The maximum Gasteiger partial charge on any atom is 0.159 e. The van der Waals surface area contributed by atoms with E-state index in [0.717, 1.165) is 56.3 Å². The summed E-state index contributed by atoms with van der Waals surface area (Å²) in [5, 5.41) is 4.57. The molecule has 0 aliphatic heterocycles. The van der Waals surface area contributed by atoms with Crippen LogP contribution in [0.1, 0.15) is 51.4 Å². The Labute approximate surface area is 307 Å². The Bertz CT molecular complexity index is 2490. The van der Waals surface area contributed by atoms with Gasteiger partial charge in [0, 0.05) is 45.2 Å². The molecule has 4 nitrogen and oxygen atoms in total. The monoisotopic (exact) mass is 681 g/mol. The zero-order chi connectivity index (χ0) is 36.6. The lowest BCUT2D eigenvalue weighted by Gasteiger charge is -2.07. The smallest absolute Gasteiger partial charge is 0.159 e. The first-order valence-electron chi connectivity index (χ1n) is 18.5. The summed E-state index contributed by atoms with van der Waals surface area (Å²) in [5.41, 5.74) is 13.5. The summed E-state index contributed by atoms with van der Waals surface area (Å²) >= 11 is 0. The Morgan fingerprint density at radius 3 is 2.04 bits per heavy atom. The SMILES string of the molecule is CC.CC.CCc1cccc(-c2ccc3c(c2)oc2c(-n4c5ccccc5c5cccnc54)cccc23)c1.Cc1ccccc1-c1cccnc1C. The molecule has 4 heteroatoms. The highest BCUT2D eigenvalue weighted by atomic mass is 16.3. The van der Waals surface area contributed by atoms with Crippen LogP contribution in [-0.4, -0.2) is 14.5 Å². The van der Waals surface area contributed by atoms with Gasteiger partial charge in [-0.05, 0) is 90.6 Å². The number of aromatic nitrogens is 3. The number of benzene rings is 5. The molecule has 0 atom stereocenters. The van der Waals surface area contributed by atoms with Gasteiger partial charge in [0.2, 0.25) is 0 Å². The first-order chi connectivity index (χ1) is 25.6. The van der Waals surface area contributed by atoms with Crippen molar-refractivity contribution < 1.29 is 4.42 Å². The molecule has 52 heavy (non-hydrogen) atoms. The van der Waals surface area contributed by atoms with Gasteiger partial charge in [0.15, 0.2) is 5.58 Å². The summed E-state index contributed by atoms with van der Waals surface area (Å²) in [6.07, 6.45) is 4.71. The molecule has 4 heterocycles. The van der Waals surface area contributed by atoms with Gasteiger partial charge in [-0.15, -0.1) is 0 Å². The van der Waals surface area contributed by atoms with Crippen molar-refractivity contribution in [1.29, 1.82) is 0 Å². The van der Waals surface area contributed by atoms with E-state index in [-0.39, 0.29) is 0 Å². The van der Waals surface area contributed by atoms with E-state index < -0.39 is 0 Å². The lowest BCUT2D eigenvalue weighted by Crippen LogP contribution is -1.95. The third-order valence-corrected chi connectivity index (χ3v) is 9.26. The van der Waals surface area contributed by atoms with Crippen LogP contribution >= 0.6 is 0 Å². The fourth-order valence-corrected chi connectivity index (χ4v) is 6.79. The fraction of sp³-hybridized carbons (Fsp3) is 0.167. The molecule has 0 bridgehead atoms. The highest BCUT2D eigenvalue weighted by molar-refractivity contribution is 6.12. The molecule has 4 aromatic heterocycles. The number of hydrogen-bond acceptors (Lipinski definition) is 3. The van der Waals surface area contributed by atoms with Crippen molar-refractivity contribution in [3.8, 4) is 27.9 Å². The summed E-state index contributed by atoms with van der Waals surface area (Å²) < 4.78 is 8.80. The highest BCUT2D eigenvalue weighted by Gasteiger charge is 2.18. The Balaban J connectivity index is 0.000000216. The van der Waals surface area contributed by atoms with Crippen LogP contribution in [0.15, 0.2) is 150 Å². The van der Waals surface area contributed by atoms with Crippen molar-refractivity contribution in [2.75, 3.05) is 0 Å². The number of furan rings is 1. The van der Waals surface area contributed by atoms with Gasteiger partial charge in [-0.3, -0.25) is 9.55 Å². The third-order valence-electron chi connectivity index (χ3n) is 9.26. The van der Waals surface area contributed by atoms with Crippen LogP contribution in [0.25, 0.3) is 71.8 Å². The van der Waals surface area contributed by atoms with Crippen LogP contribution in [0, 0.1) is 13.8 Å². The Morgan fingerprint density at radius 1 is 0.558 bits per heavy atom. The van der Waals surface area contributed by atoms with Crippen molar-refractivity contribution in [3.63, 3.8) is 0 Å². The molecule has 9 aromatic rings. The topological polar surface area (TPSA) is 43.9 Å². The van der Waals surface area contributed by atoms with Gasteiger partial charge >= 0.3 is 0 Å². The van der Waals surface area contributed by atoms with Crippen molar-refractivity contribution >= 4 is 43.9 Å². The summed E-state index contributed by atoms with van der Waals surface area (Å²) in [7, 11) is 0. The van der Waals surface area contributed by atoms with Gasteiger partial charge in [-0.25, -0.2) is 4.98 Å². The van der Waals surface area contributed by atoms with E-state index in [4.69, 9.17) is 9.40 Å². The molecular weight excluding hydrogens is 635 g/mol. The van der Waals surface area contributed by atoms with Gasteiger partial charge < -0.3 is 4.42 Å². The number of nitrogens with zero attached hydrogens (tertiary/aromatic N) is 3. The van der Waals surface area contributed by atoms with Crippen LogP contribution in [-0.2, 0) is 6.42 Å². The normalized spacial score (nSPS) is 10.7. The zero-order valence-corrected chi connectivity index (χ0v) is 31.3. The number of pyridine rings is 2. The van der Waals surface area contributed by atoms with Crippen molar-refractivity contribution in [3.05, 3.63) is 163 Å². The quantitative estimate of drug-likeness (QED) is 0.186. The van der Waals surface area contributed by atoms with Gasteiger partial charge in [0.05, 0.1) is 11.2 Å². The number of para-hydroxylation sites is 2. The fourth-order valence-electron chi connectivity index (χ4n) is 6.79. The highest BCUT2D eigenvalue weighted by Crippen LogP contribution is 2.38. The Kier molecular flexibility index (Phi) is 11.3. The number of hydrogen-bond donors (Lipinski definition) is 0. The number of aryl methyl sites for hydroxylation is 3. The van der Waals surface area contributed by atoms with Crippen LogP contribution in [0.3, 0.4) is 0 Å². The second-order valence-corrected chi connectivity index (χ2v) is 12.2. The maximum absolute atomic E-state index is 6.58. The molecule has 0 spiro atoms. The summed E-state index contributed by atoms with van der Waals surface area (Å²) in [5.74, 6) is 0. The van der Waals surface area contributed by atoms with Crippen LogP contribution < -0.4 is 0 Å². The van der Waals surface area contributed by atoms with E-state index in [2.05, 4.69) is 145 Å². The van der Waals surface area contributed by atoms with E-state index in [1.807, 2.05) is 59.1 Å². The molecule has 0 amide bonds. The van der Waals surface area contributed by atoms with E-state index in [1.54, 1.807) is 0 Å². The summed E-state index contributed by atoms with van der Waals surface area (Å²) in [6.45, 7) is 14.4. The lowest BCUT2D eigenvalue weighted by atomic mass is 10.00. The minimum absolute atomic E-state index is 0.880. The molecule has 0 unspecified atom stereocenters. The van der Waals surface area contributed by atoms with E-state index in [9.17, 15) is 0 Å². The van der Waals surface area contributed by atoms with Crippen LogP contribution in [0.2, 0.25) is 0 Å².